The van der Waals surface area contributed by atoms with Crippen LogP contribution in [0.4, 0.5) is 4.39 Å². The Morgan fingerprint density at radius 1 is 1.23 bits per heavy atom. The van der Waals surface area contributed by atoms with E-state index in [1.54, 1.807) is 6.07 Å². The average molecular weight is 423 g/mol. The molecular weight excluding hydrogens is 405 g/mol. The SMILES string of the molecule is CC(C)c1cc(Oc2c(Cl)c(F)cc(OCP(C)(=O)O)c2Cl)ccc1O. The van der Waals surface area contributed by atoms with Gasteiger partial charge in [-0.05, 0) is 24.1 Å². The van der Waals surface area contributed by atoms with Gasteiger partial charge in [0.25, 0.3) is 0 Å². The Morgan fingerprint density at radius 2 is 1.88 bits per heavy atom. The van der Waals surface area contributed by atoms with E-state index in [2.05, 4.69) is 0 Å². The molecule has 5 nitrogen and oxygen atoms in total. The lowest BCUT2D eigenvalue weighted by atomic mass is 10.0. The molecule has 0 bridgehead atoms. The van der Waals surface area contributed by atoms with E-state index in [1.807, 2.05) is 13.8 Å². The predicted octanol–water partition coefficient (Wildman–Crippen LogP) is 5.99. The maximum absolute atomic E-state index is 14.1. The Bertz CT molecular complexity index is 867. The molecule has 0 amide bonds. The third kappa shape index (κ3) is 5.04. The van der Waals surface area contributed by atoms with Crippen LogP contribution in [-0.4, -0.2) is 23.0 Å². The molecule has 2 aromatic carbocycles. The second-order valence-electron chi connectivity index (χ2n) is 6.12. The summed E-state index contributed by atoms with van der Waals surface area (Å²) in [5.41, 5.74) is 0.634. The third-order valence-corrected chi connectivity index (χ3v) is 4.70. The first-order chi connectivity index (χ1) is 12.0. The molecule has 2 N–H and O–H groups in total. The molecule has 2 rings (SSSR count). The van der Waals surface area contributed by atoms with Crippen LogP contribution in [0.1, 0.15) is 25.3 Å². The molecule has 0 heterocycles. The smallest absolute Gasteiger partial charge is 0.233 e. The number of ether oxygens (including phenoxy) is 2. The topological polar surface area (TPSA) is 76.0 Å². The molecule has 0 radical (unpaired) electrons. The van der Waals surface area contributed by atoms with Crippen molar-refractivity contribution in [2.45, 2.75) is 19.8 Å². The Kier molecular flexibility index (Phi) is 6.46. The fraction of sp³-hybridized carbons (Fsp3) is 0.294. The molecule has 142 valence electrons. The summed E-state index contributed by atoms with van der Waals surface area (Å²) in [6, 6.07) is 5.44. The van der Waals surface area contributed by atoms with Crippen molar-refractivity contribution in [2.75, 3.05) is 13.0 Å². The molecule has 1 atom stereocenters. The van der Waals surface area contributed by atoms with E-state index in [0.29, 0.717) is 5.56 Å². The lowest BCUT2D eigenvalue weighted by Crippen LogP contribution is -2.00. The molecule has 0 spiro atoms. The second-order valence-corrected chi connectivity index (χ2v) is 9.23. The number of halogens is 3. The number of rotatable bonds is 6. The highest BCUT2D eigenvalue weighted by molar-refractivity contribution is 7.56. The monoisotopic (exact) mass is 422 g/mol. The minimum atomic E-state index is -3.49. The van der Waals surface area contributed by atoms with Gasteiger partial charge in [-0.15, -0.1) is 0 Å². The summed E-state index contributed by atoms with van der Waals surface area (Å²) in [7, 11) is -3.49. The van der Waals surface area contributed by atoms with Crippen LogP contribution in [0.5, 0.6) is 23.0 Å². The van der Waals surface area contributed by atoms with Crippen LogP contribution in [-0.2, 0) is 4.57 Å². The van der Waals surface area contributed by atoms with E-state index in [9.17, 15) is 19.0 Å². The highest BCUT2D eigenvalue weighted by atomic mass is 35.5. The van der Waals surface area contributed by atoms with Crippen molar-refractivity contribution in [1.29, 1.82) is 0 Å². The second kappa shape index (κ2) is 8.05. The molecule has 1 unspecified atom stereocenters. The summed E-state index contributed by atoms with van der Waals surface area (Å²) in [6.45, 7) is 4.89. The zero-order valence-corrected chi connectivity index (χ0v) is 16.7. The molecule has 26 heavy (non-hydrogen) atoms. The summed E-state index contributed by atoms with van der Waals surface area (Å²) in [5, 5.41) is 9.39. The van der Waals surface area contributed by atoms with Gasteiger partial charge >= 0.3 is 0 Å². The molecule has 9 heteroatoms. The molecule has 2 aromatic rings. The molecule has 0 fully saturated rings. The van der Waals surface area contributed by atoms with E-state index in [1.165, 1.54) is 12.1 Å². The number of benzene rings is 2. The van der Waals surface area contributed by atoms with Crippen LogP contribution >= 0.6 is 30.6 Å². The molecular formula is C17H18Cl2FO5P. The van der Waals surface area contributed by atoms with Crippen LogP contribution in [0.25, 0.3) is 0 Å². The van der Waals surface area contributed by atoms with Gasteiger partial charge in [-0.25, -0.2) is 4.39 Å². The first-order valence-electron chi connectivity index (χ1n) is 7.60. The van der Waals surface area contributed by atoms with Crippen molar-refractivity contribution in [1.82, 2.24) is 0 Å². The van der Waals surface area contributed by atoms with Crippen molar-refractivity contribution in [3.05, 3.63) is 45.7 Å². The fourth-order valence-electron chi connectivity index (χ4n) is 2.12. The molecule has 0 aliphatic rings. The minimum Gasteiger partial charge on any atom is -0.508 e. The fourth-order valence-corrected chi connectivity index (χ4v) is 2.98. The molecule has 0 saturated heterocycles. The van der Waals surface area contributed by atoms with Gasteiger partial charge in [-0.3, -0.25) is 4.57 Å². The Balaban J connectivity index is 2.41. The maximum Gasteiger partial charge on any atom is 0.233 e. The third-order valence-electron chi connectivity index (χ3n) is 3.38. The van der Waals surface area contributed by atoms with Gasteiger partial charge in [-0.1, -0.05) is 37.0 Å². The Morgan fingerprint density at radius 3 is 2.46 bits per heavy atom. The number of phenols is 1. The Labute approximate surface area is 160 Å². The standard InChI is InChI=1S/C17H18Cl2FO5P/c1-9(2)11-6-10(4-5-13(11)21)25-17-15(18)12(20)7-14(16(17)19)24-8-26(3,22)23/h4-7,9,21H,8H2,1-3H3,(H,22,23). The number of aromatic hydroxyl groups is 1. The number of hydrogen-bond acceptors (Lipinski definition) is 4. The summed E-state index contributed by atoms with van der Waals surface area (Å²) >= 11 is 12.1. The molecule has 0 aliphatic heterocycles. The van der Waals surface area contributed by atoms with Crippen LogP contribution in [0.3, 0.4) is 0 Å². The summed E-state index contributed by atoms with van der Waals surface area (Å²) in [4.78, 5) is 9.32. The quantitative estimate of drug-likeness (QED) is 0.441. The minimum absolute atomic E-state index is 0.0270. The van der Waals surface area contributed by atoms with Gasteiger partial charge in [0.05, 0.1) is 0 Å². The van der Waals surface area contributed by atoms with Crippen LogP contribution in [0.2, 0.25) is 10.0 Å². The number of hydrogen-bond donors (Lipinski definition) is 2. The molecule has 0 saturated carbocycles. The van der Waals surface area contributed by atoms with Crippen LogP contribution < -0.4 is 9.47 Å². The summed E-state index contributed by atoms with van der Waals surface area (Å²) in [5.74, 6) is -0.785. The van der Waals surface area contributed by atoms with Gasteiger partial charge in [0.15, 0.2) is 12.1 Å². The lowest BCUT2D eigenvalue weighted by Gasteiger charge is -2.16. The highest BCUT2D eigenvalue weighted by Gasteiger charge is 2.21. The first-order valence-corrected chi connectivity index (χ1v) is 10.6. The van der Waals surface area contributed by atoms with Crippen LogP contribution in [0.15, 0.2) is 24.3 Å². The van der Waals surface area contributed by atoms with Crippen molar-refractivity contribution in [3.63, 3.8) is 0 Å². The predicted molar refractivity (Wildman–Crippen MR) is 99.9 cm³/mol. The normalized spacial score (nSPS) is 13.5. The van der Waals surface area contributed by atoms with E-state index >= 15 is 0 Å². The number of phenolic OH excluding ortho intramolecular Hbond substituents is 1. The zero-order chi connectivity index (χ0) is 19.6. The Hall–Kier alpha value is -1.46. The van der Waals surface area contributed by atoms with Crippen LogP contribution in [0, 0.1) is 5.82 Å². The summed E-state index contributed by atoms with van der Waals surface area (Å²) in [6.07, 6.45) is -0.538. The zero-order valence-electron chi connectivity index (χ0n) is 14.3. The molecule has 0 aromatic heterocycles. The van der Waals surface area contributed by atoms with E-state index in [-0.39, 0.29) is 39.0 Å². The van der Waals surface area contributed by atoms with Crippen molar-refractivity contribution < 1.29 is 28.4 Å². The van der Waals surface area contributed by atoms with Gasteiger partial charge in [0.2, 0.25) is 7.37 Å². The summed E-state index contributed by atoms with van der Waals surface area (Å²) < 4.78 is 36.2. The maximum atomic E-state index is 14.1. The lowest BCUT2D eigenvalue weighted by molar-refractivity contribution is 0.348. The molecule has 0 aliphatic carbocycles. The highest BCUT2D eigenvalue weighted by Crippen LogP contribution is 2.46. The van der Waals surface area contributed by atoms with Gasteiger partial charge in [-0.2, -0.15) is 0 Å². The first kappa shape index (κ1) is 20.8. The van der Waals surface area contributed by atoms with Crippen molar-refractivity contribution >= 4 is 30.6 Å². The van der Waals surface area contributed by atoms with Crippen molar-refractivity contribution in [3.8, 4) is 23.0 Å². The average Bonchev–Trinajstić information content (AvgIpc) is 2.54. The van der Waals surface area contributed by atoms with Gasteiger partial charge < -0.3 is 19.5 Å². The van der Waals surface area contributed by atoms with E-state index in [4.69, 9.17) is 32.7 Å². The van der Waals surface area contributed by atoms with E-state index in [0.717, 1.165) is 12.7 Å². The van der Waals surface area contributed by atoms with E-state index < -0.39 is 19.5 Å². The van der Waals surface area contributed by atoms with Gasteiger partial charge in [0, 0.05) is 18.3 Å². The largest absolute Gasteiger partial charge is 0.508 e. The van der Waals surface area contributed by atoms with Gasteiger partial charge in [0.1, 0.15) is 33.1 Å². The van der Waals surface area contributed by atoms with Crippen molar-refractivity contribution in [2.24, 2.45) is 0 Å².